The monoisotopic (exact) mass is 371 g/mol. The number of nitrogens with zero attached hydrogens (tertiary/aromatic N) is 2. The molecular formula is C22H17N3OS. The molecule has 132 valence electrons. The summed E-state index contributed by atoms with van der Waals surface area (Å²) in [5.41, 5.74) is 2.87. The van der Waals surface area contributed by atoms with E-state index >= 15 is 0 Å². The van der Waals surface area contributed by atoms with Gasteiger partial charge in [-0.3, -0.25) is 10.1 Å². The second-order valence-electron chi connectivity index (χ2n) is 6.02. The maximum atomic E-state index is 12.4. The van der Waals surface area contributed by atoms with Crippen molar-refractivity contribution in [1.29, 1.82) is 0 Å². The Morgan fingerprint density at radius 2 is 1.26 bits per heavy atom. The fourth-order valence-corrected chi connectivity index (χ4v) is 3.82. The van der Waals surface area contributed by atoms with Gasteiger partial charge in [-0.15, -0.1) is 10.2 Å². The van der Waals surface area contributed by atoms with Crippen molar-refractivity contribution < 1.29 is 4.79 Å². The van der Waals surface area contributed by atoms with Gasteiger partial charge in [0.05, 0.1) is 5.92 Å². The predicted octanol–water partition coefficient (Wildman–Crippen LogP) is 4.97. The van der Waals surface area contributed by atoms with Crippen molar-refractivity contribution in [2.45, 2.75) is 5.92 Å². The van der Waals surface area contributed by atoms with Crippen LogP contribution < -0.4 is 5.32 Å². The minimum atomic E-state index is -0.186. The molecule has 1 heterocycles. The minimum absolute atomic E-state index is 0.0210. The average Bonchev–Trinajstić information content (AvgIpc) is 3.18. The lowest BCUT2D eigenvalue weighted by Crippen LogP contribution is -2.11. The number of aromatic nitrogens is 2. The molecule has 1 aromatic heterocycles. The van der Waals surface area contributed by atoms with Crippen LogP contribution in [0.2, 0.25) is 0 Å². The number of nitrogens with one attached hydrogen (secondary N) is 1. The topological polar surface area (TPSA) is 54.9 Å². The summed E-state index contributed by atoms with van der Waals surface area (Å²) >= 11 is 1.40. The van der Waals surface area contributed by atoms with E-state index in [2.05, 4.69) is 39.8 Å². The third-order valence-corrected chi connectivity index (χ3v) is 5.11. The number of benzene rings is 3. The van der Waals surface area contributed by atoms with Crippen LogP contribution in [0.3, 0.4) is 0 Å². The van der Waals surface area contributed by atoms with E-state index < -0.39 is 0 Å². The van der Waals surface area contributed by atoms with E-state index in [0.717, 1.165) is 16.1 Å². The maximum Gasteiger partial charge on any atom is 0.257 e. The molecular weight excluding hydrogens is 354 g/mol. The summed E-state index contributed by atoms with van der Waals surface area (Å²) in [7, 11) is 0. The molecule has 1 amide bonds. The van der Waals surface area contributed by atoms with E-state index in [1.807, 2.05) is 54.6 Å². The van der Waals surface area contributed by atoms with Gasteiger partial charge in [0, 0.05) is 5.56 Å². The zero-order valence-electron chi connectivity index (χ0n) is 14.4. The summed E-state index contributed by atoms with van der Waals surface area (Å²) in [6.07, 6.45) is 0. The van der Waals surface area contributed by atoms with Gasteiger partial charge in [0.25, 0.3) is 5.91 Å². The van der Waals surface area contributed by atoms with Crippen LogP contribution in [0.15, 0.2) is 91.0 Å². The van der Waals surface area contributed by atoms with Gasteiger partial charge in [-0.25, -0.2) is 0 Å². The minimum Gasteiger partial charge on any atom is -0.296 e. The molecule has 4 nitrogen and oxygen atoms in total. The van der Waals surface area contributed by atoms with Gasteiger partial charge in [0.1, 0.15) is 5.01 Å². The normalized spacial score (nSPS) is 10.7. The Hall–Kier alpha value is -3.31. The SMILES string of the molecule is O=C(Nc1nnc(C(c2ccccc2)c2ccccc2)s1)c1ccccc1. The van der Waals surface area contributed by atoms with E-state index in [1.54, 1.807) is 12.1 Å². The van der Waals surface area contributed by atoms with Gasteiger partial charge in [-0.2, -0.15) is 0 Å². The molecule has 0 saturated carbocycles. The number of rotatable bonds is 5. The Morgan fingerprint density at radius 3 is 1.81 bits per heavy atom. The lowest BCUT2D eigenvalue weighted by atomic mass is 9.92. The molecule has 0 atom stereocenters. The lowest BCUT2D eigenvalue weighted by Gasteiger charge is -2.14. The third kappa shape index (κ3) is 3.93. The highest BCUT2D eigenvalue weighted by atomic mass is 32.1. The van der Waals surface area contributed by atoms with Crippen molar-refractivity contribution in [1.82, 2.24) is 10.2 Å². The van der Waals surface area contributed by atoms with Crippen molar-refractivity contribution in [2.24, 2.45) is 0 Å². The number of carbonyl (C=O) groups excluding carboxylic acids is 1. The number of hydrogen-bond acceptors (Lipinski definition) is 4. The molecule has 0 aliphatic heterocycles. The Labute approximate surface area is 161 Å². The summed E-state index contributed by atoms with van der Waals surface area (Å²) in [5, 5.41) is 12.7. The Morgan fingerprint density at radius 1 is 0.741 bits per heavy atom. The first-order chi connectivity index (χ1) is 13.3. The van der Waals surface area contributed by atoms with Crippen LogP contribution in [0.4, 0.5) is 5.13 Å². The van der Waals surface area contributed by atoms with Crippen LogP contribution in [0.1, 0.15) is 32.4 Å². The van der Waals surface area contributed by atoms with E-state index in [9.17, 15) is 4.79 Å². The average molecular weight is 371 g/mol. The van der Waals surface area contributed by atoms with Gasteiger partial charge in [-0.1, -0.05) is 90.2 Å². The molecule has 1 N–H and O–H groups in total. The molecule has 0 bridgehead atoms. The fraction of sp³-hybridized carbons (Fsp3) is 0.0455. The Bertz CT molecular complexity index is 978. The summed E-state index contributed by atoms with van der Waals surface area (Å²) in [4.78, 5) is 12.4. The number of hydrogen-bond donors (Lipinski definition) is 1. The highest BCUT2D eigenvalue weighted by Gasteiger charge is 2.21. The summed E-state index contributed by atoms with van der Waals surface area (Å²) < 4.78 is 0. The van der Waals surface area contributed by atoms with Crippen molar-refractivity contribution in [3.63, 3.8) is 0 Å². The first-order valence-corrected chi connectivity index (χ1v) is 9.42. The third-order valence-electron chi connectivity index (χ3n) is 4.21. The molecule has 0 saturated heterocycles. The highest BCUT2D eigenvalue weighted by Crippen LogP contribution is 2.34. The van der Waals surface area contributed by atoms with Gasteiger partial charge in [0.15, 0.2) is 0 Å². The van der Waals surface area contributed by atoms with Crippen LogP contribution in [0.5, 0.6) is 0 Å². The second kappa shape index (κ2) is 7.93. The van der Waals surface area contributed by atoms with Crippen molar-refractivity contribution in [3.8, 4) is 0 Å². The summed E-state index contributed by atoms with van der Waals surface area (Å²) in [6, 6.07) is 29.5. The Kier molecular flexibility index (Phi) is 5.03. The van der Waals surface area contributed by atoms with E-state index in [-0.39, 0.29) is 11.8 Å². The fourth-order valence-electron chi connectivity index (χ4n) is 2.93. The first-order valence-electron chi connectivity index (χ1n) is 8.61. The Balaban J connectivity index is 1.64. The molecule has 27 heavy (non-hydrogen) atoms. The standard InChI is InChI=1S/C22H17N3OS/c26-20(18-14-8-3-9-15-18)23-22-25-24-21(27-22)19(16-10-4-1-5-11-16)17-12-6-2-7-13-17/h1-15,19H,(H,23,25,26). The zero-order chi connectivity index (χ0) is 18.5. The maximum absolute atomic E-state index is 12.4. The van der Waals surface area contributed by atoms with Crippen molar-refractivity contribution in [2.75, 3.05) is 5.32 Å². The van der Waals surface area contributed by atoms with Crippen molar-refractivity contribution >= 4 is 22.4 Å². The second-order valence-corrected chi connectivity index (χ2v) is 7.03. The zero-order valence-corrected chi connectivity index (χ0v) is 15.3. The van der Waals surface area contributed by atoms with Gasteiger partial charge in [0.2, 0.25) is 5.13 Å². The van der Waals surface area contributed by atoms with Crippen LogP contribution in [-0.2, 0) is 0 Å². The molecule has 0 aliphatic carbocycles. The van der Waals surface area contributed by atoms with Crippen LogP contribution >= 0.6 is 11.3 Å². The van der Waals surface area contributed by atoms with E-state index in [0.29, 0.717) is 10.7 Å². The number of carbonyl (C=O) groups is 1. The molecule has 3 aromatic carbocycles. The smallest absolute Gasteiger partial charge is 0.257 e. The highest BCUT2D eigenvalue weighted by molar-refractivity contribution is 7.15. The van der Waals surface area contributed by atoms with Gasteiger partial charge < -0.3 is 0 Å². The molecule has 0 fully saturated rings. The molecule has 0 spiro atoms. The summed E-state index contributed by atoms with van der Waals surface area (Å²) in [5.74, 6) is -0.207. The van der Waals surface area contributed by atoms with Crippen LogP contribution in [-0.4, -0.2) is 16.1 Å². The van der Waals surface area contributed by atoms with Crippen molar-refractivity contribution in [3.05, 3.63) is 113 Å². The predicted molar refractivity (Wildman–Crippen MR) is 108 cm³/mol. The number of anilines is 1. The molecule has 0 unspecified atom stereocenters. The molecule has 5 heteroatoms. The van der Waals surface area contributed by atoms with Gasteiger partial charge >= 0.3 is 0 Å². The van der Waals surface area contributed by atoms with Crippen LogP contribution in [0.25, 0.3) is 0 Å². The summed E-state index contributed by atoms with van der Waals surface area (Å²) in [6.45, 7) is 0. The van der Waals surface area contributed by atoms with E-state index in [4.69, 9.17) is 0 Å². The molecule has 4 aromatic rings. The van der Waals surface area contributed by atoms with E-state index in [1.165, 1.54) is 11.3 Å². The first kappa shape index (κ1) is 17.1. The number of amides is 1. The molecule has 0 radical (unpaired) electrons. The quantitative estimate of drug-likeness (QED) is 0.539. The lowest BCUT2D eigenvalue weighted by molar-refractivity contribution is 0.102. The molecule has 4 rings (SSSR count). The molecule has 0 aliphatic rings. The largest absolute Gasteiger partial charge is 0.296 e. The van der Waals surface area contributed by atoms with Crippen LogP contribution in [0, 0.1) is 0 Å². The van der Waals surface area contributed by atoms with Gasteiger partial charge in [-0.05, 0) is 23.3 Å².